The van der Waals surface area contributed by atoms with Gasteiger partial charge in [0.2, 0.25) is 0 Å². The Morgan fingerprint density at radius 1 is 1.29 bits per heavy atom. The monoisotopic (exact) mass is 228 g/mol. The molecule has 0 aliphatic rings. The Kier molecular flexibility index (Phi) is 1.95. The lowest BCUT2D eigenvalue weighted by Crippen LogP contribution is -1.94. The first-order chi connectivity index (χ1) is 8.22. The molecule has 86 valence electrons. The molecule has 0 spiro atoms. The van der Waals surface area contributed by atoms with E-state index in [4.69, 9.17) is 10.5 Å². The highest BCUT2D eigenvalue weighted by Crippen LogP contribution is 2.32. The fraction of sp³-hybridized carbons (Fsp3) is 0.167. The molecule has 3 rings (SSSR count). The second-order valence-corrected chi connectivity index (χ2v) is 3.90. The van der Waals surface area contributed by atoms with Crippen LogP contribution in [0.25, 0.3) is 21.9 Å². The van der Waals surface area contributed by atoms with Gasteiger partial charge in [-0.25, -0.2) is 9.97 Å². The molecule has 0 saturated carbocycles. The molecular formula is C12H12N4O. The minimum absolute atomic E-state index is 0.494. The number of methoxy groups -OCH3 is 1. The molecule has 2 N–H and O–H groups in total. The zero-order chi connectivity index (χ0) is 12.0. The standard InChI is InChI=1S/C12H12N4O/c1-16-9-4-3-7(17-2)5-8(9)10-11(13)14-6-15-12(10)16/h3-6H,1-2H3,(H2,13,14,15). The van der Waals surface area contributed by atoms with Crippen molar-refractivity contribution in [1.82, 2.24) is 14.5 Å². The summed E-state index contributed by atoms with van der Waals surface area (Å²) in [6.07, 6.45) is 1.48. The molecule has 1 aromatic carbocycles. The fourth-order valence-corrected chi connectivity index (χ4v) is 2.15. The minimum Gasteiger partial charge on any atom is -0.497 e. The highest BCUT2D eigenvalue weighted by Gasteiger charge is 2.12. The van der Waals surface area contributed by atoms with Crippen LogP contribution in [0.1, 0.15) is 0 Å². The molecule has 0 saturated heterocycles. The van der Waals surface area contributed by atoms with E-state index in [2.05, 4.69) is 9.97 Å². The van der Waals surface area contributed by atoms with Crippen LogP contribution in [0.15, 0.2) is 24.5 Å². The number of aromatic nitrogens is 3. The fourth-order valence-electron chi connectivity index (χ4n) is 2.15. The Morgan fingerprint density at radius 2 is 2.12 bits per heavy atom. The first-order valence-corrected chi connectivity index (χ1v) is 5.25. The smallest absolute Gasteiger partial charge is 0.146 e. The van der Waals surface area contributed by atoms with Gasteiger partial charge in [0.1, 0.15) is 23.5 Å². The van der Waals surface area contributed by atoms with Crippen LogP contribution in [-0.4, -0.2) is 21.6 Å². The van der Waals surface area contributed by atoms with Gasteiger partial charge in [-0.1, -0.05) is 0 Å². The summed E-state index contributed by atoms with van der Waals surface area (Å²) in [5, 5.41) is 1.89. The number of fused-ring (bicyclic) bond motifs is 3. The van der Waals surface area contributed by atoms with E-state index in [1.54, 1.807) is 7.11 Å². The summed E-state index contributed by atoms with van der Waals surface area (Å²) >= 11 is 0. The Morgan fingerprint density at radius 3 is 2.88 bits per heavy atom. The van der Waals surface area contributed by atoms with Crippen molar-refractivity contribution in [2.24, 2.45) is 7.05 Å². The molecule has 0 aliphatic carbocycles. The van der Waals surface area contributed by atoms with Gasteiger partial charge < -0.3 is 15.0 Å². The van der Waals surface area contributed by atoms with Gasteiger partial charge in [-0.2, -0.15) is 0 Å². The van der Waals surface area contributed by atoms with Crippen molar-refractivity contribution in [3.63, 3.8) is 0 Å². The number of benzene rings is 1. The van der Waals surface area contributed by atoms with E-state index in [0.29, 0.717) is 5.82 Å². The number of nitrogens with zero attached hydrogens (tertiary/aromatic N) is 3. The summed E-state index contributed by atoms with van der Waals surface area (Å²) in [5.41, 5.74) is 7.82. The van der Waals surface area contributed by atoms with Crippen molar-refractivity contribution in [2.45, 2.75) is 0 Å². The SMILES string of the molecule is COc1ccc2c(c1)c1c(N)ncnc1n2C. The lowest BCUT2D eigenvalue weighted by atomic mass is 10.2. The van der Waals surface area contributed by atoms with Crippen molar-refractivity contribution < 1.29 is 4.74 Å². The summed E-state index contributed by atoms with van der Waals surface area (Å²) in [4.78, 5) is 8.30. The molecule has 0 amide bonds. The number of aryl methyl sites for hydroxylation is 1. The van der Waals surface area contributed by atoms with Crippen LogP contribution >= 0.6 is 0 Å². The third kappa shape index (κ3) is 1.25. The molecule has 0 aliphatic heterocycles. The summed E-state index contributed by atoms with van der Waals surface area (Å²) in [7, 11) is 3.61. The maximum atomic E-state index is 5.92. The molecule has 3 aromatic rings. The molecule has 2 aromatic heterocycles. The van der Waals surface area contributed by atoms with E-state index < -0.39 is 0 Å². The number of anilines is 1. The predicted octanol–water partition coefficient (Wildman–Crippen LogP) is 1.71. The van der Waals surface area contributed by atoms with Crippen molar-refractivity contribution in [3.05, 3.63) is 24.5 Å². The van der Waals surface area contributed by atoms with Crippen LogP contribution in [0.2, 0.25) is 0 Å². The molecule has 0 unspecified atom stereocenters. The number of ether oxygens (including phenoxy) is 1. The van der Waals surface area contributed by atoms with Crippen LogP contribution in [0.5, 0.6) is 5.75 Å². The van der Waals surface area contributed by atoms with Gasteiger partial charge in [0.25, 0.3) is 0 Å². The van der Waals surface area contributed by atoms with E-state index in [1.807, 2.05) is 29.8 Å². The molecule has 0 bridgehead atoms. The highest BCUT2D eigenvalue weighted by atomic mass is 16.5. The molecule has 5 nitrogen and oxygen atoms in total. The number of hydrogen-bond donors (Lipinski definition) is 1. The van der Waals surface area contributed by atoms with Gasteiger partial charge in [-0.3, -0.25) is 0 Å². The van der Waals surface area contributed by atoms with Gasteiger partial charge in [0.15, 0.2) is 0 Å². The van der Waals surface area contributed by atoms with Crippen molar-refractivity contribution in [2.75, 3.05) is 12.8 Å². The van der Waals surface area contributed by atoms with E-state index in [9.17, 15) is 0 Å². The normalized spacial score (nSPS) is 11.2. The average molecular weight is 228 g/mol. The first-order valence-electron chi connectivity index (χ1n) is 5.25. The highest BCUT2D eigenvalue weighted by molar-refractivity contribution is 6.11. The third-order valence-electron chi connectivity index (χ3n) is 3.01. The average Bonchev–Trinajstić information content (AvgIpc) is 2.64. The number of hydrogen-bond acceptors (Lipinski definition) is 4. The second-order valence-electron chi connectivity index (χ2n) is 3.90. The van der Waals surface area contributed by atoms with E-state index in [0.717, 1.165) is 27.7 Å². The first kappa shape index (κ1) is 9.89. The molecule has 0 atom stereocenters. The third-order valence-corrected chi connectivity index (χ3v) is 3.01. The quantitative estimate of drug-likeness (QED) is 0.688. The van der Waals surface area contributed by atoms with Crippen molar-refractivity contribution >= 4 is 27.8 Å². The zero-order valence-corrected chi connectivity index (χ0v) is 9.64. The topological polar surface area (TPSA) is 66.0 Å². The van der Waals surface area contributed by atoms with Gasteiger partial charge in [-0.05, 0) is 18.2 Å². The Hall–Kier alpha value is -2.30. The largest absolute Gasteiger partial charge is 0.497 e. The number of rotatable bonds is 1. The number of nitrogen functional groups attached to an aromatic ring is 1. The van der Waals surface area contributed by atoms with Gasteiger partial charge >= 0.3 is 0 Å². The Balaban J connectivity index is 2.56. The molecule has 0 fully saturated rings. The van der Waals surface area contributed by atoms with Crippen molar-refractivity contribution in [1.29, 1.82) is 0 Å². The van der Waals surface area contributed by atoms with Crippen LogP contribution in [0.4, 0.5) is 5.82 Å². The number of nitrogens with two attached hydrogens (primary N) is 1. The molecule has 17 heavy (non-hydrogen) atoms. The lowest BCUT2D eigenvalue weighted by Gasteiger charge is -2.00. The molecule has 0 radical (unpaired) electrons. The summed E-state index contributed by atoms with van der Waals surface area (Å²) in [5.74, 6) is 1.29. The van der Waals surface area contributed by atoms with Gasteiger partial charge in [0.05, 0.1) is 18.0 Å². The predicted molar refractivity (Wildman–Crippen MR) is 67.0 cm³/mol. The molecule has 5 heteroatoms. The van der Waals surface area contributed by atoms with E-state index in [-0.39, 0.29) is 0 Å². The van der Waals surface area contributed by atoms with Crippen LogP contribution in [-0.2, 0) is 7.05 Å². The summed E-state index contributed by atoms with van der Waals surface area (Å²) < 4.78 is 7.23. The lowest BCUT2D eigenvalue weighted by molar-refractivity contribution is 0.415. The van der Waals surface area contributed by atoms with Gasteiger partial charge in [-0.15, -0.1) is 0 Å². The second kappa shape index (κ2) is 3.35. The maximum Gasteiger partial charge on any atom is 0.146 e. The van der Waals surface area contributed by atoms with E-state index in [1.165, 1.54) is 6.33 Å². The van der Waals surface area contributed by atoms with Crippen LogP contribution in [0, 0.1) is 0 Å². The Labute approximate surface area is 97.8 Å². The molecular weight excluding hydrogens is 216 g/mol. The summed E-state index contributed by atoms with van der Waals surface area (Å²) in [6, 6.07) is 5.87. The van der Waals surface area contributed by atoms with Crippen LogP contribution in [0.3, 0.4) is 0 Å². The molecule has 2 heterocycles. The maximum absolute atomic E-state index is 5.92. The Bertz CT molecular complexity index is 717. The van der Waals surface area contributed by atoms with E-state index >= 15 is 0 Å². The van der Waals surface area contributed by atoms with Crippen molar-refractivity contribution in [3.8, 4) is 5.75 Å². The summed E-state index contributed by atoms with van der Waals surface area (Å²) in [6.45, 7) is 0. The zero-order valence-electron chi connectivity index (χ0n) is 9.64. The van der Waals surface area contributed by atoms with Gasteiger partial charge in [0, 0.05) is 12.4 Å². The van der Waals surface area contributed by atoms with Crippen LogP contribution < -0.4 is 10.5 Å². The minimum atomic E-state index is 0.494.